The lowest BCUT2D eigenvalue weighted by atomic mass is 9.89. The van der Waals surface area contributed by atoms with Gasteiger partial charge in [-0.15, -0.1) is 13.2 Å². The van der Waals surface area contributed by atoms with Crippen LogP contribution in [0.5, 0.6) is 0 Å². The van der Waals surface area contributed by atoms with E-state index in [0.717, 1.165) is 11.1 Å². The highest BCUT2D eigenvalue weighted by Gasteiger charge is 2.33. The first-order valence-electron chi connectivity index (χ1n) is 9.14. The highest BCUT2D eigenvalue weighted by atomic mass is 16.5. The Morgan fingerprint density at radius 3 is 2.33 bits per heavy atom. The third-order valence-electron chi connectivity index (χ3n) is 4.90. The summed E-state index contributed by atoms with van der Waals surface area (Å²) in [6.45, 7) is 9.69. The molecule has 2 aromatic carbocycles. The molecule has 0 aromatic heterocycles. The fraction of sp³-hybridized carbons (Fsp3) is 0.208. The molecular weight excluding hydrogens is 332 g/mol. The smallest absolute Gasteiger partial charge is 0.109 e. The van der Waals surface area contributed by atoms with Gasteiger partial charge in [-0.05, 0) is 17.2 Å². The summed E-state index contributed by atoms with van der Waals surface area (Å²) in [5, 5.41) is 3.64. The maximum atomic E-state index is 6.10. The van der Waals surface area contributed by atoms with E-state index < -0.39 is 11.1 Å². The number of hydrogen-bond donors (Lipinski definition) is 1. The number of allylic oxidation sites excluding steroid dienone is 1. The van der Waals surface area contributed by atoms with Gasteiger partial charge < -0.3 is 4.74 Å². The molecule has 0 unspecified atom stereocenters. The summed E-state index contributed by atoms with van der Waals surface area (Å²) >= 11 is 0. The Hall–Kier alpha value is -2.75. The summed E-state index contributed by atoms with van der Waals surface area (Å²) in [7, 11) is 0. The first-order chi connectivity index (χ1) is 13.2. The van der Waals surface area contributed by atoms with Crippen molar-refractivity contribution in [3.63, 3.8) is 0 Å². The molecule has 0 radical (unpaired) electrons. The second kappa shape index (κ2) is 8.76. The van der Waals surface area contributed by atoms with Crippen molar-refractivity contribution in [1.29, 1.82) is 0 Å². The molecule has 2 atom stereocenters. The van der Waals surface area contributed by atoms with E-state index in [1.54, 1.807) is 0 Å². The zero-order valence-corrected chi connectivity index (χ0v) is 15.6. The molecule has 0 spiro atoms. The molecule has 1 heterocycles. The molecular formula is C24H26N2O. The SMILES string of the molecule is C=C[C@]1(CN[C@](C=C)(COCc2ccccc2)c2ccccc2)C=CC=N1. The predicted octanol–water partition coefficient (Wildman–Crippen LogP) is 4.44. The predicted molar refractivity (Wildman–Crippen MR) is 113 cm³/mol. The number of nitrogens with zero attached hydrogens (tertiary/aromatic N) is 1. The van der Waals surface area contributed by atoms with Gasteiger partial charge in [-0.1, -0.05) is 78.9 Å². The molecule has 0 saturated carbocycles. The van der Waals surface area contributed by atoms with Crippen LogP contribution in [-0.2, 0) is 16.9 Å². The zero-order chi connectivity index (χ0) is 19.0. The van der Waals surface area contributed by atoms with Crippen molar-refractivity contribution in [1.82, 2.24) is 5.32 Å². The lowest BCUT2D eigenvalue weighted by Gasteiger charge is -2.35. The normalized spacial score (nSPS) is 20.3. The number of aliphatic imine (C=N–C) groups is 1. The quantitative estimate of drug-likeness (QED) is 0.637. The van der Waals surface area contributed by atoms with Crippen molar-refractivity contribution in [3.8, 4) is 0 Å². The van der Waals surface area contributed by atoms with Crippen LogP contribution < -0.4 is 5.32 Å². The van der Waals surface area contributed by atoms with E-state index in [0.29, 0.717) is 19.8 Å². The minimum Gasteiger partial charge on any atom is -0.374 e. The van der Waals surface area contributed by atoms with Crippen LogP contribution in [0.3, 0.4) is 0 Å². The number of rotatable bonds is 10. The molecule has 0 bridgehead atoms. The third-order valence-corrected chi connectivity index (χ3v) is 4.90. The average molecular weight is 358 g/mol. The fourth-order valence-corrected chi connectivity index (χ4v) is 3.16. The molecule has 3 nitrogen and oxygen atoms in total. The topological polar surface area (TPSA) is 33.6 Å². The Labute approximate surface area is 161 Å². The Morgan fingerprint density at radius 2 is 1.74 bits per heavy atom. The maximum absolute atomic E-state index is 6.10. The van der Waals surface area contributed by atoms with Crippen LogP contribution in [-0.4, -0.2) is 24.9 Å². The largest absolute Gasteiger partial charge is 0.374 e. The minimum atomic E-state index is -0.516. The van der Waals surface area contributed by atoms with Crippen molar-refractivity contribution in [2.45, 2.75) is 17.7 Å². The van der Waals surface area contributed by atoms with Gasteiger partial charge in [0, 0.05) is 12.8 Å². The monoisotopic (exact) mass is 358 g/mol. The van der Waals surface area contributed by atoms with Crippen LogP contribution >= 0.6 is 0 Å². The van der Waals surface area contributed by atoms with Gasteiger partial charge in [0.05, 0.1) is 18.8 Å². The third kappa shape index (κ3) is 4.51. The van der Waals surface area contributed by atoms with Gasteiger partial charge in [-0.25, -0.2) is 0 Å². The average Bonchev–Trinajstić information content (AvgIpc) is 3.22. The van der Waals surface area contributed by atoms with Gasteiger partial charge in [0.2, 0.25) is 0 Å². The van der Waals surface area contributed by atoms with Crippen LogP contribution in [0.4, 0.5) is 0 Å². The Morgan fingerprint density at radius 1 is 1.04 bits per heavy atom. The van der Waals surface area contributed by atoms with E-state index in [1.165, 1.54) is 0 Å². The van der Waals surface area contributed by atoms with Crippen LogP contribution in [0.25, 0.3) is 0 Å². The van der Waals surface area contributed by atoms with Crippen molar-refractivity contribution >= 4 is 6.21 Å². The van der Waals surface area contributed by atoms with Gasteiger partial charge in [0.15, 0.2) is 0 Å². The molecule has 1 N–H and O–H groups in total. The molecule has 0 amide bonds. The summed E-state index contributed by atoms with van der Waals surface area (Å²) in [4.78, 5) is 4.55. The molecule has 1 aliphatic heterocycles. The summed E-state index contributed by atoms with van der Waals surface area (Å²) in [5.74, 6) is 0. The van der Waals surface area contributed by atoms with Gasteiger partial charge in [0.1, 0.15) is 5.54 Å². The molecule has 3 rings (SSSR count). The minimum absolute atomic E-state index is 0.428. The molecule has 0 fully saturated rings. The maximum Gasteiger partial charge on any atom is 0.109 e. The molecule has 1 aliphatic rings. The van der Waals surface area contributed by atoms with Gasteiger partial charge in [-0.2, -0.15) is 0 Å². The number of ether oxygens (including phenoxy) is 1. The lowest BCUT2D eigenvalue weighted by Crippen LogP contribution is -2.49. The fourth-order valence-electron chi connectivity index (χ4n) is 3.16. The number of benzene rings is 2. The van der Waals surface area contributed by atoms with E-state index in [-0.39, 0.29) is 0 Å². The van der Waals surface area contributed by atoms with Gasteiger partial charge >= 0.3 is 0 Å². The summed E-state index contributed by atoms with van der Waals surface area (Å²) in [6.07, 6.45) is 9.60. The van der Waals surface area contributed by atoms with Crippen LogP contribution in [0.15, 0.2) is 103 Å². The first-order valence-corrected chi connectivity index (χ1v) is 9.14. The lowest BCUT2D eigenvalue weighted by molar-refractivity contribution is 0.0732. The number of nitrogens with one attached hydrogen (secondary N) is 1. The Bertz CT molecular complexity index is 799. The van der Waals surface area contributed by atoms with E-state index in [9.17, 15) is 0 Å². The van der Waals surface area contributed by atoms with Crippen LogP contribution in [0.2, 0.25) is 0 Å². The van der Waals surface area contributed by atoms with Crippen molar-refractivity contribution in [2.24, 2.45) is 4.99 Å². The highest BCUT2D eigenvalue weighted by molar-refractivity contribution is 5.76. The Balaban J connectivity index is 1.77. The van der Waals surface area contributed by atoms with Crippen LogP contribution in [0.1, 0.15) is 11.1 Å². The van der Waals surface area contributed by atoms with Crippen molar-refractivity contribution in [3.05, 3.63) is 109 Å². The van der Waals surface area contributed by atoms with Crippen LogP contribution in [0, 0.1) is 0 Å². The van der Waals surface area contributed by atoms with E-state index in [1.807, 2.05) is 60.8 Å². The zero-order valence-electron chi connectivity index (χ0n) is 15.6. The molecule has 0 aliphatic carbocycles. The van der Waals surface area contributed by atoms with E-state index in [4.69, 9.17) is 4.74 Å². The highest BCUT2D eigenvalue weighted by Crippen LogP contribution is 2.26. The standard InChI is InChI=1S/C24H26N2O/c1-3-23(16-11-17-25-23)19-26-24(4-2,22-14-9-6-10-15-22)20-27-18-21-12-7-5-8-13-21/h3-17,26H,1-2,18-20H2/t23-,24-/m1/s1. The summed E-state index contributed by atoms with van der Waals surface area (Å²) in [5.41, 5.74) is 1.31. The molecule has 0 saturated heterocycles. The number of hydrogen-bond acceptors (Lipinski definition) is 3. The summed E-state index contributed by atoms with van der Waals surface area (Å²) in [6, 6.07) is 20.4. The van der Waals surface area contributed by atoms with Gasteiger partial charge in [0.25, 0.3) is 0 Å². The molecule has 3 heteroatoms. The Kier molecular flexibility index (Phi) is 6.17. The molecule has 2 aromatic rings. The van der Waals surface area contributed by atoms with E-state index >= 15 is 0 Å². The first kappa shape index (κ1) is 19.0. The van der Waals surface area contributed by atoms with Crippen molar-refractivity contribution in [2.75, 3.05) is 13.2 Å². The van der Waals surface area contributed by atoms with E-state index in [2.05, 4.69) is 53.8 Å². The molecule has 138 valence electrons. The van der Waals surface area contributed by atoms with Crippen molar-refractivity contribution < 1.29 is 4.74 Å². The second-order valence-corrected chi connectivity index (χ2v) is 6.71. The summed E-state index contributed by atoms with van der Waals surface area (Å²) < 4.78 is 6.10. The van der Waals surface area contributed by atoms with Gasteiger partial charge in [-0.3, -0.25) is 10.3 Å². The second-order valence-electron chi connectivity index (χ2n) is 6.71. The molecule has 27 heavy (non-hydrogen) atoms.